The number of benzene rings is 3. The zero-order valence-electron chi connectivity index (χ0n) is 17.6. The highest BCUT2D eigenvalue weighted by atomic mass is 16.5. The molecule has 0 unspecified atom stereocenters. The molecule has 4 rings (SSSR count). The van der Waals surface area contributed by atoms with Crippen molar-refractivity contribution in [2.45, 2.75) is 19.9 Å². The highest BCUT2D eigenvalue weighted by Gasteiger charge is 2.12. The highest BCUT2D eigenvalue weighted by molar-refractivity contribution is 5.86. The van der Waals surface area contributed by atoms with Crippen molar-refractivity contribution < 1.29 is 9.32 Å². The van der Waals surface area contributed by atoms with E-state index < -0.39 is 0 Å². The molecule has 7 nitrogen and oxygen atoms in total. The van der Waals surface area contributed by atoms with Crippen molar-refractivity contribution in [1.29, 1.82) is 0 Å². The van der Waals surface area contributed by atoms with Crippen LogP contribution in [0.15, 0.2) is 71.3 Å². The van der Waals surface area contributed by atoms with Gasteiger partial charge in [0.25, 0.3) is 5.89 Å². The molecule has 0 spiro atoms. The first-order chi connectivity index (χ1) is 15.1. The van der Waals surface area contributed by atoms with E-state index in [4.69, 9.17) is 4.52 Å². The van der Waals surface area contributed by atoms with E-state index >= 15 is 0 Å². The van der Waals surface area contributed by atoms with Gasteiger partial charge in [0.05, 0.1) is 6.04 Å². The first-order valence-corrected chi connectivity index (χ1v) is 10.3. The van der Waals surface area contributed by atoms with E-state index in [2.05, 4.69) is 44.3 Å². The Morgan fingerprint density at radius 1 is 1.00 bits per heavy atom. The van der Waals surface area contributed by atoms with Gasteiger partial charge in [-0.25, -0.2) is 4.79 Å². The number of fused-ring (bicyclic) bond motifs is 1. The number of urea groups is 1. The highest BCUT2D eigenvalue weighted by Crippen LogP contribution is 2.24. The fourth-order valence-corrected chi connectivity index (χ4v) is 3.48. The van der Waals surface area contributed by atoms with Crippen LogP contribution in [0.5, 0.6) is 0 Å². The van der Waals surface area contributed by atoms with Gasteiger partial charge in [-0.1, -0.05) is 47.6 Å². The van der Waals surface area contributed by atoms with Crippen LogP contribution in [0.2, 0.25) is 0 Å². The van der Waals surface area contributed by atoms with Gasteiger partial charge in [0.1, 0.15) is 0 Å². The van der Waals surface area contributed by atoms with Crippen LogP contribution in [0.25, 0.3) is 22.2 Å². The maximum Gasteiger partial charge on any atom is 0.315 e. The molecule has 3 aromatic carbocycles. The van der Waals surface area contributed by atoms with Gasteiger partial charge >= 0.3 is 6.03 Å². The number of carbonyl (C=O) groups is 1. The molecule has 1 atom stereocenters. The van der Waals surface area contributed by atoms with Crippen LogP contribution in [0.1, 0.15) is 24.4 Å². The summed E-state index contributed by atoms with van der Waals surface area (Å²) in [6.45, 7) is 4.88. The number of amides is 2. The van der Waals surface area contributed by atoms with Crippen LogP contribution in [-0.2, 0) is 0 Å². The predicted molar refractivity (Wildman–Crippen MR) is 122 cm³/mol. The summed E-state index contributed by atoms with van der Waals surface area (Å²) in [4.78, 5) is 16.5. The molecule has 3 N–H and O–H groups in total. The Morgan fingerprint density at radius 2 is 1.77 bits per heavy atom. The second kappa shape index (κ2) is 9.30. The predicted octanol–water partition coefficient (Wildman–Crippen LogP) is 4.67. The first-order valence-electron chi connectivity index (χ1n) is 10.3. The third-order valence-corrected chi connectivity index (χ3v) is 5.04. The number of nitrogens with zero attached hydrogens (tertiary/aromatic N) is 2. The lowest BCUT2D eigenvalue weighted by atomic mass is 10.00. The molecule has 4 aromatic rings. The Bertz CT molecular complexity index is 1160. The van der Waals surface area contributed by atoms with Crippen LogP contribution < -0.4 is 16.0 Å². The second-order valence-corrected chi connectivity index (χ2v) is 7.34. The van der Waals surface area contributed by atoms with E-state index in [0.717, 1.165) is 22.2 Å². The average Bonchev–Trinajstić information content (AvgIpc) is 3.23. The molecule has 0 radical (unpaired) electrons. The average molecular weight is 415 g/mol. The van der Waals surface area contributed by atoms with Crippen molar-refractivity contribution in [2.75, 3.05) is 18.4 Å². The summed E-state index contributed by atoms with van der Waals surface area (Å²) in [6, 6.07) is 21.8. The molecule has 158 valence electrons. The van der Waals surface area contributed by atoms with Gasteiger partial charge in [-0.3, -0.25) is 0 Å². The van der Waals surface area contributed by atoms with Crippen LogP contribution in [0, 0.1) is 6.92 Å². The first kappa shape index (κ1) is 20.4. The van der Waals surface area contributed by atoms with Gasteiger partial charge in [0, 0.05) is 24.3 Å². The summed E-state index contributed by atoms with van der Waals surface area (Å²) in [5.41, 5.74) is 2.92. The molecule has 0 saturated carbocycles. The van der Waals surface area contributed by atoms with Crippen molar-refractivity contribution in [3.05, 3.63) is 78.1 Å². The Balaban J connectivity index is 1.24. The number of rotatable bonds is 7. The minimum absolute atomic E-state index is 0.0973. The quantitative estimate of drug-likeness (QED) is 0.382. The van der Waals surface area contributed by atoms with Crippen molar-refractivity contribution in [1.82, 2.24) is 20.8 Å². The molecule has 0 aliphatic carbocycles. The van der Waals surface area contributed by atoms with E-state index in [-0.39, 0.29) is 12.1 Å². The molecule has 7 heteroatoms. The SMILES string of the molecule is Cc1noc(-c2ccc(NCCNC(=O)N[C@@H](C)c3cccc4ccccc34)cc2)n1. The number of anilines is 1. The van der Waals surface area contributed by atoms with Crippen LogP contribution in [-0.4, -0.2) is 29.3 Å². The van der Waals surface area contributed by atoms with E-state index in [1.807, 2.05) is 55.5 Å². The van der Waals surface area contributed by atoms with Gasteiger partial charge in [-0.05, 0) is 54.4 Å². The zero-order chi connectivity index (χ0) is 21.6. The number of aryl methyl sites for hydroxylation is 1. The van der Waals surface area contributed by atoms with E-state index in [1.165, 1.54) is 5.39 Å². The lowest BCUT2D eigenvalue weighted by Gasteiger charge is -2.17. The van der Waals surface area contributed by atoms with Crippen LogP contribution in [0.3, 0.4) is 0 Å². The molecule has 0 aliphatic rings. The molecule has 31 heavy (non-hydrogen) atoms. The number of hydrogen-bond donors (Lipinski definition) is 3. The Morgan fingerprint density at radius 3 is 2.55 bits per heavy atom. The topological polar surface area (TPSA) is 92.1 Å². The van der Waals surface area contributed by atoms with Gasteiger partial charge in [0.2, 0.25) is 0 Å². The molecule has 0 aliphatic heterocycles. The third-order valence-electron chi connectivity index (χ3n) is 5.04. The minimum Gasteiger partial charge on any atom is -0.383 e. The zero-order valence-corrected chi connectivity index (χ0v) is 17.6. The normalized spacial score (nSPS) is 11.8. The summed E-state index contributed by atoms with van der Waals surface area (Å²) >= 11 is 0. The second-order valence-electron chi connectivity index (χ2n) is 7.34. The van der Waals surface area contributed by atoms with E-state index in [1.54, 1.807) is 6.92 Å². The molecular formula is C24H25N5O2. The largest absolute Gasteiger partial charge is 0.383 e. The summed E-state index contributed by atoms with van der Waals surface area (Å²) in [5, 5.41) is 15.3. The molecular weight excluding hydrogens is 390 g/mol. The van der Waals surface area contributed by atoms with Gasteiger partial charge in [-0.15, -0.1) is 0 Å². The fourth-order valence-electron chi connectivity index (χ4n) is 3.48. The van der Waals surface area contributed by atoms with Gasteiger partial charge in [0.15, 0.2) is 5.82 Å². The van der Waals surface area contributed by atoms with Gasteiger partial charge in [-0.2, -0.15) is 4.98 Å². The van der Waals surface area contributed by atoms with Crippen molar-refractivity contribution >= 4 is 22.5 Å². The van der Waals surface area contributed by atoms with Crippen molar-refractivity contribution in [3.8, 4) is 11.5 Å². The fraction of sp³-hybridized carbons (Fsp3) is 0.208. The summed E-state index contributed by atoms with van der Waals surface area (Å²) in [6.07, 6.45) is 0. The standard InChI is InChI=1S/C24H25N5O2/c1-16(21-9-5-7-18-6-3-4-8-22(18)21)27-24(30)26-15-14-25-20-12-10-19(11-13-20)23-28-17(2)29-31-23/h3-13,16,25H,14-15H2,1-2H3,(H2,26,27,30)/t16-/m0/s1. The monoisotopic (exact) mass is 415 g/mol. The molecule has 0 bridgehead atoms. The Labute approximate surface area is 180 Å². The summed E-state index contributed by atoms with van der Waals surface area (Å²) in [7, 11) is 0. The number of carbonyl (C=O) groups excluding carboxylic acids is 1. The summed E-state index contributed by atoms with van der Waals surface area (Å²) < 4.78 is 5.17. The molecule has 0 fully saturated rings. The molecule has 1 aromatic heterocycles. The maximum absolute atomic E-state index is 12.3. The summed E-state index contributed by atoms with van der Waals surface area (Å²) in [5.74, 6) is 1.11. The third kappa shape index (κ3) is 5.01. The van der Waals surface area contributed by atoms with Crippen LogP contribution in [0.4, 0.5) is 10.5 Å². The van der Waals surface area contributed by atoms with Gasteiger partial charge < -0.3 is 20.5 Å². The minimum atomic E-state index is -0.190. The number of nitrogens with one attached hydrogen (secondary N) is 3. The lowest BCUT2D eigenvalue weighted by Crippen LogP contribution is -2.39. The Hall–Kier alpha value is -3.87. The van der Waals surface area contributed by atoms with E-state index in [0.29, 0.717) is 24.8 Å². The van der Waals surface area contributed by atoms with Crippen molar-refractivity contribution in [2.24, 2.45) is 0 Å². The van der Waals surface area contributed by atoms with Crippen LogP contribution >= 0.6 is 0 Å². The molecule has 0 saturated heterocycles. The molecule has 2 amide bonds. The number of hydrogen-bond acceptors (Lipinski definition) is 5. The van der Waals surface area contributed by atoms with Crippen molar-refractivity contribution in [3.63, 3.8) is 0 Å². The lowest BCUT2D eigenvalue weighted by molar-refractivity contribution is 0.238. The number of aromatic nitrogens is 2. The Kier molecular flexibility index (Phi) is 6.12. The maximum atomic E-state index is 12.3. The smallest absolute Gasteiger partial charge is 0.315 e. The van der Waals surface area contributed by atoms with E-state index in [9.17, 15) is 4.79 Å². The molecule has 1 heterocycles.